The number of nitrogens with zero attached hydrogens (tertiary/aromatic N) is 3. The average molecular weight is 429 g/mol. The summed E-state index contributed by atoms with van der Waals surface area (Å²) < 4.78 is 49.5. The number of nitrogens with one attached hydrogen (secondary N) is 1. The summed E-state index contributed by atoms with van der Waals surface area (Å²) in [7, 11) is 0. The van der Waals surface area contributed by atoms with E-state index in [0.717, 1.165) is 12.8 Å². The Morgan fingerprint density at radius 3 is 2.70 bits per heavy atom. The van der Waals surface area contributed by atoms with Gasteiger partial charge in [0, 0.05) is 25.3 Å². The Kier molecular flexibility index (Phi) is 6.51. The third kappa shape index (κ3) is 5.74. The van der Waals surface area contributed by atoms with Crippen LogP contribution >= 0.6 is 23.2 Å². The first-order chi connectivity index (χ1) is 12.8. The van der Waals surface area contributed by atoms with Crippen LogP contribution in [-0.4, -0.2) is 53.8 Å². The first-order valence-electron chi connectivity index (χ1n) is 8.21. The van der Waals surface area contributed by atoms with Gasteiger partial charge in [-0.25, -0.2) is 0 Å². The highest BCUT2D eigenvalue weighted by Gasteiger charge is 2.30. The molecule has 2 atom stereocenters. The third-order valence-corrected chi connectivity index (χ3v) is 4.90. The second-order valence-corrected chi connectivity index (χ2v) is 6.78. The van der Waals surface area contributed by atoms with Gasteiger partial charge < -0.3 is 19.4 Å². The molecule has 7 nitrogen and oxygen atoms in total. The Balaban J connectivity index is 1.44. The molecule has 0 aliphatic carbocycles. The van der Waals surface area contributed by atoms with Gasteiger partial charge in [0.1, 0.15) is 6.61 Å². The summed E-state index contributed by atoms with van der Waals surface area (Å²) in [6, 6.07) is 0.0927. The molecule has 1 saturated heterocycles. The minimum absolute atomic E-state index is 0.152. The lowest BCUT2D eigenvalue weighted by atomic mass is 9.99. The van der Waals surface area contributed by atoms with Gasteiger partial charge >= 0.3 is 12.4 Å². The molecule has 1 N–H and O–H groups in total. The molecule has 1 fully saturated rings. The number of hydrogen-bond donors (Lipinski definition) is 1. The minimum Gasteiger partial charge on any atom is -0.447 e. The molecule has 0 radical (unpaired) electrons. The van der Waals surface area contributed by atoms with E-state index in [0.29, 0.717) is 29.0 Å². The van der Waals surface area contributed by atoms with Crippen molar-refractivity contribution in [3.63, 3.8) is 0 Å². The molecule has 0 saturated carbocycles. The van der Waals surface area contributed by atoms with Gasteiger partial charge in [0.25, 0.3) is 0 Å². The van der Waals surface area contributed by atoms with Crippen LogP contribution in [0.1, 0.15) is 24.8 Å². The first-order valence-corrected chi connectivity index (χ1v) is 8.97. The lowest BCUT2D eigenvalue weighted by molar-refractivity contribution is -0.325. The van der Waals surface area contributed by atoms with Crippen molar-refractivity contribution in [2.75, 3.05) is 26.3 Å². The molecule has 3 rings (SSSR count). The van der Waals surface area contributed by atoms with E-state index in [1.165, 1.54) is 0 Å². The van der Waals surface area contributed by atoms with Crippen LogP contribution in [0, 0.1) is 0 Å². The quantitative estimate of drug-likeness (QED) is 0.696. The lowest BCUT2D eigenvalue weighted by Crippen LogP contribution is -2.45. The molecule has 2 aliphatic rings. The van der Waals surface area contributed by atoms with Crippen LogP contribution in [0.3, 0.4) is 0 Å². The molecule has 1 aromatic heterocycles. The first kappa shape index (κ1) is 20.2. The zero-order valence-electron chi connectivity index (χ0n) is 14.0. The van der Waals surface area contributed by atoms with Gasteiger partial charge in [0.05, 0.1) is 22.7 Å². The summed E-state index contributed by atoms with van der Waals surface area (Å²) in [6.07, 6.45) is 0.411. The Hall–Kier alpha value is -1.49. The Bertz CT molecular complexity index is 703. The van der Waals surface area contributed by atoms with Crippen molar-refractivity contribution in [1.29, 1.82) is 0 Å². The average Bonchev–Trinajstić information content (AvgIpc) is 3.09. The highest BCUT2D eigenvalue weighted by Crippen LogP contribution is 2.29. The number of hydrogen-bond acceptors (Lipinski definition) is 7. The maximum atomic E-state index is 11.9. The van der Waals surface area contributed by atoms with Crippen molar-refractivity contribution in [1.82, 2.24) is 20.4 Å². The van der Waals surface area contributed by atoms with E-state index in [2.05, 4.69) is 25.2 Å². The van der Waals surface area contributed by atoms with Crippen LogP contribution in [-0.2, 0) is 4.74 Å². The molecule has 0 bridgehead atoms. The van der Waals surface area contributed by atoms with E-state index >= 15 is 0 Å². The van der Waals surface area contributed by atoms with Crippen molar-refractivity contribution in [3.05, 3.63) is 28.2 Å². The molecule has 0 unspecified atom stereocenters. The Morgan fingerprint density at radius 2 is 2.04 bits per heavy atom. The summed E-state index contributed by atoms with van der Waals surface area (Å²) in [5.41, 5.74) is 0. The molecular formula is C15H17Cl2F3N4O3. The molecular weight excluding hydrogens is 412 g/mol. The number of aromatic nitrogens is 2. The summed E-state index contributed by atoms with van der Waals surface area (Å²) >= 11 is 12.0. The fourth-order valence-electron chi connectivity index (χ4n) is 2.84. The predicted molar refractivity (Wildman–Crippen MR) is 90.1 cm³/mol. The van der Waals surface area contributed by atoms with Gasteiger partial charge in [-0.1, -0.05) is 28.3 Å². The van der Waals surface area contributed by atoms with Crippen molar-refractivity contribution in [2.45, 2.75) is 31.3 Å². The summed E-state index contributed by atoms with van der Waals surface area (Å²) in [6.45, 7) is 0.355. The van der Waals surface area contributed by atoms with Gasteiger partial charge in [-0.3, -0.25) is 4.74 Å². The van der Waals surface area contributed by atoms with Crippen LogP contribution in [0.15, 0.2) is 26.8 Å². The lowest BCUT2D eigenvalue weighted by Gasteiger charge is -2.37. The number of rotatable bonds is 6. The predicted octanol–water partition coefficient (Wildman–Crippen LogP) is 3.30. The largest absolute Gasteiger partial charge is 0.522 e. The Morgan fingerprint density at radius 1 is 1.22 bits per heavy atom. The summed E-state index contributed by atoms with van der Waals surface area (Å²) in [5, 5.41) is 11.9. The molecule has 3 heterocycles. The number of ether oxygens (including phenoxy) is 2. The van der Waals surface area contributed by atoms with Crippen LogP contribution in [0.25, 0.3) is 0 Å². The van der Waals surface area contributed by atoms with Crippen molar-refractivity contribution in [2.24, 2.45) is 0 Å². The standard InChI is InChI=1S/C15H17Cl2F3N4O3/c16-10-3-4-24(8-11(10)17)9-1-2-12(21-7-9)13-22-23-14(27-13)25-5-6-26-15(18,19)20/h3,8-9,12,21H,1-2,4-7H2/t9-,12+/m0/s1. The van der Waals surface area contributed by atoms with E-state index in [1.807, 2.05) is 12.3 Å². The van der Waals surface area contributed by atoms with Gasteiger partial charge in [0.15, 0.2) is 0 Å². The SMILES string of the molecule is FC(F)(F)OCCOc1nnc([C@H]2CC[C@H](N3C=C(Cl)C(Cl)=CC3)CN2)o1. The molecule has 27 heavy (non-hydrogen) atoms. The number of allylic oxidation sites excluding steroid dienone is 2. The van der Waals surface area contributed by atoms with Crippen LogP contribution in [0.2, 0.25) is 0 Å². The summed E-state index contributed by atoms with van der Waals surface area (Å²) in [5.74, 6) is 0.329. The van der Waals surface area contributed by atoms with Crippen LogP contribution in [0.5, 0.6) is 6.08 Å². The summed E-state index contributed by atoms with van der Waals surface area (Å²) in [4.78, 5) is 2.11. The van der Waals surface area contributed by atoms with E-state index < -0.39 is 13.0 Å². The monoisotopic (exact) mass is 428 g/mol. The van der Waals surface area contributed by atoms with E-state index in [1.54, 1.807) is 0 Å². The minimum atomic E-state index is -4.69. The molecule has 0 spiro atoms. The maximum Gasteiger partial charge on any atom is 0.522 e. The molecule has 0 aromatic carbocycles. The third-order valence-electron chi connectivity index (χ3n) is 4.14. The zero-order chi connectivity index (χ0) is 19.4. The van der Waals surface area contributed by atoms with Gasteiger partial charge in [-0.2, -0.15) is 0 Å². The fraction of sp³-hybridized carbons (Fsp3) is 0.600. The van der Waals surface area contributed by atoms with Crippen molar-refractivity contribution < 1.29 is 27.1 Å². The van der Waals surface area contributed by atoms with E-state index in [9.17, 15) is 13.2 Å². The van der Waals surface area contributed by atoms with Crippen LogP contribution in [0.4, 0.5) is 13.2 Å². The van der Waals surface area contributed by atoms with Gasteiger partial charge in [0.2, 0.25) is 5.89 Å². The second kappa shape index (κ2) is 8.68. The van der Waals surface area contributed by atoms with Gasteiger partial charge in [-0.05, 0) is 18.9 Å². The molecule has 12 heteroatoms. The normalized spacial score (nSPS) is 23.8. The Labute approximate surface area is 163 Å². The number of alkyl halides is 3. The molecule has 1 aromatic rings. The molecule has 150 valence electrons. The zero-order valence-corrected chi connectivity index (χ0v) is 15.5. The van der Waals surface area contributed by atoms with E-state index in [-0.39, 0.29) is 24.8 Å². The maximum absolute atomic E-state index is 11.9. The number of piperidine rings is 1. The topological polar surface area (TPSA) is 72.7 Å². The fourth-order valence-corrected chi connectivity index (χ4v) is 3.16. The van der Waals surface area contributed by atoms with Gasteiger partial charge in [-0.15, -0.1) is 18.3 Å². The van der Waals surface area contributed by atoms with Crippen molar-refractivity contribution in [3.8, 4) is 6.08 Å². The highest BCUT2D eigenvalue weighted by molar-refractivity contribution is 6.44. The van der Waals surface area contributed by atoms with E-state index in [4.69, 9.17) is 32.4 Å². The van der Waals surface area contributed by atoms with Crippen molar-refractivity contribution >= 4 is 23.2 Å². The number of halogens is 5. The van der Waals surface area contributed by atoms with Crippen LogP contribution < -0.4 is 10.1 Å². The molecule has 2 aliphatic heterocycles. The molecule has 0 amide bonds. The smallest absolute Gasteiger partial charge is 0.447 e. The second-order valence-electron chi connectivity index (χ2n) is 5.97. The highest BCUT2D eigenvalue weighted by atomic mass is 35.5.